The Kier molecular flexibility index (Phi) is 4.57. The van der Waals surface area contributed by atoms with Crippen molar-refractivity contribution < 1.29 is 9.50 Å². The molecule has 3 rings (SSSR count). The molecule has 0 atom stereocenters. The quantitative estimate of drug-likeness (QED) is 0.878. The van der Waals surface area contributed by atoms with Crippen LogP contribution in [0, 0.1) is 17.1 Å². The number of nitrogens with one attached hydrogen (secondary N) is 1. The summed E-state index contributed by atoms with van der Waals surface area (Å²) in [5.74, 6) is -0.600. The van der Waals surface area contributed by atoms with Crippen molar-refractivity contribution in [3.63, 3.8) is 0 Å². The molecule has 1 aliphatic rings. The number of hydrogen-bond acceptors (Lipinski definition) is 5. The Morgan fingerprint density at radius 2 is 2.08 bits per heavy atom. The van der Waals surface area contributed by atoms with Gasteiger partial charge in [0.05, 0.1) is 5.56 Å². The van der Waals surface area contributed by atoms with Crippen LogP contribution in [0.3, 0.4) is 0 Å². The highest BCUT2D eigenvalue weighted by Crippen LogP contribution is 2.32. The average molecular weight is 334 g/mol. The van der Waals surface area contributed by atoms with Gasteiger partial charge in [-0.2, -0.15) is 5.26 Å². The molecule has 124 valence electrons. The van der Waals surface area contributed by atoms with Crippen molar-refractivity contribution >= 4 is 17.1 Å². The van der Waals surface area contributed by atoms with Gasteiger partial charge in [0, 0.05) is 11.3 Å². The molecular weight excluding hydrogens is 319 g/mol. The zero-order valence-electron chi connectivity index (χ0n) is 13.5. The van der Waals surface area contributed by atoms with Gasteiger partial charge in [-0.3, -0.25) is 0 Å². The second-order valence-electron chi connectivity index (χ2n) is 5.53. The minimum Gasteiger partial charge on any atom is -0.503 e. The van der Waals surface area contributed by atoms with Crippen molar-refractivity contribution in [2.75, 3.05) is 5.32 Å². The maximum absolute atomic E-state index is 13.7. The topological polar surface area (TPSA) is 81.8 Å². The molecule has 0 fully saturated rings. The maximum atomic E-state index is 13.7. The molecule has 2 N–H and O–H groups in total. The molecule has 0 saturated carbocycles. The lowest BCUT2D eigenvalue weighted by Crippen LogP contribution is -1.99. The summed E-state index contributed by atoms with van der Waals surface area (Å²) in [4.78, 5) is 8.17. The van der Waals surface area contributed by atoms with Crippen molar-refractivity contribution in [3.8, 4) is 11.8 Å². The van der Waals surface area contributed by atoms with Crippen LogP contribution in [0.4, 0.5) is 15.9 Å². The lowest BCUT2D eigenvalue weighted by molar-refractivity contribution is 0.470. The fourth-order valence-electron chi connectivity index (χ4n) is 2.41. The molecule has 6 heteroatoms. The molecule has 1 aromatic carbocycles. The minimum absolute atomic E-state index is 0.0465. The van der Waals surface area contributed by atoms with Crippen LogP contribution in [0.2, 0.25) is 0 Å². The van der Waals surface area contributed by atoms with Crippen molar-refractivity contribution in [3.05, 3.63) is 71.5 Å². The Labute approximate surface area is 144 Å². The SMILES string of the molecule is CC1=CCC=C(c2ncnc(Nc3ccc(C#N)c(F)c3)c2O)C=C1. The predicted molar refractivity (Wildman–Crippen MR) is 93.6 cm³/mol. The third-order valence-electron chi connectivity index (χ3n) is 3.75. The van der Waals surface area contributed by atoms with Crippen molar-refractivity contribution in [1.82, 2.24) is 9.97 Å². The highest BCUT2D eigenvalue weighted by atomic mass is 19.1. The average Bonchev–Trinajstić information content (AvgIpc) is 2.82. The lowest BCUT2D eigenvalue weighted by atomic mass is 10.1. The molecule has 0 saturated heterocycles. The van der Waals surface area contributed by atoms with Gasteiger partial charge in [-0.15, -0.1) is 0 Å². The number of anilines is 2. The molecule has 0 spiro atoms. The molecule has 1 aromatic heterocycles. The number of nitrogens with zero attached hydrogens (tertiary/aromatic N) is 3. The van der Waals surface area contributed by atoms with Gasteiger partial charge in [0.25, 0.3) is 0 Å². The number of aromatic nitrogens is 2. The van der Waals surface area contributed by atoms with Gasteiger partial charge in [-0.05, 0) is 31.5 Å². The van der Waals surface area contributed by atoms with Crippen LogP contribution < -0.4 is 5.32 Å². The van der Waals surface area contributed by atoms with Crippen LogP contribution in [0.15, 0.2) is 54.4 Å². The van der Waals surface area contributed by atoms with Gasteiger partial charge in [0.1, 0.15) is 23.9 Å². The van der Waals surface area contributed by atoms with Crippen LogP contribution in [-0.2, 0) is 0 Å². The second kappa shape index (κ2) is 6.97. The molecule has 1 aliphatic carbocycles. The van der Waals surface area contributed by atoms with E-state index in [-0.39, 0.29) is 17.1 Å². The number of aromatic hydroxyl groups is 1. The van der Waals surface area contributed by atoms with Crippen LogP contribution in [0.1, 0.15) is 24.6 Å². The molecule has 2 aromatic rings. The Hall–Kier alpha value is -3.46. The first kappa shape index (κ1) is 16.4. The molecule has 0 aliphatic heterocycles. The van der Waals surface area contributed by atoms with E-state index in [1.54, 1.807) is 12.1 Å². The van der Waals surface area contributed by atoms with E-state index >= 15 is 0 Å². The zero-order valence-corrected chi connectivity index (χ0v) is 13.5. The summed E-state index contributed by atoms with van der Waals surface area (Å²) < 4.78 is 13.7. The standard InChI is InChI=1S/C19H15FN4O/c1-12-3-2-4-13(6-5-12)17-18(25)19(23-11-22-17)24-15-8-7-14(10-21)16(20)9-15/h3-9,11,25H,2H2,1H3,(H,22,23,24). The predicted octanol–water partition coefficient (Wildman–Crippen LogP) is 4.23. The van der Waals surface area contributed by atoms with Crippen molar-refractivity contribution in [2.45, 2.75) is 13.3 Å². The first-order valence-electron chi connectivity index (χ1n) is 7.64. The molecule has 0 unspecified atom stereocenters. The molecule has 0 radical (unpaired) electrons. The monoisotopic (exact) mass is 334 g/mol. The van der Waals surface area contributed by atoms with Gasteiger partial charge < -0.3 is 10.4 Å². The highest BCUT2D eigenvalue weighted by molar-refractivity contribution is 5.80. The molecule has 25 heavy (non-hydrogen) atoms. The fourth-order valence-corrected chi connectivity index (χ4v) is 2.41. The summed E-state index contributed by atoms with van der Waals surface area (Å²) in [6.07, 6.45) is 9.93. The van der Waals surface area contributed by atoms with Crippen LogP contribution in [0.25, 0.3) is 5.57 Å². The third-order valence-corrected chi connectivity index (χ3v) is 3.75. The first-order chi connectivity index (χ1) is 12.1. The van der Waals surface area contributed by atoms with E-state index in [0.29, 0.717) is 11.4 Å². The van der Waals surface area contributed by atoms with Crippen LogP contribution in [0.5, 0.6) is 5.75 Å². The van der Waals surface area contributed by atoms with E-state index in [9.17, 15) is 9.50 Å². The Morgan fingerprint density at radius 3 is 2.84 bits per heavy atom. The number of nitriles is 1. The van der Waals surface area contributed by atoms with Gasteiger partial charge in [0.15, 0.2) is 11.6 Å². The molecular formula is C19H15FN4O. The van der Waals surface area contributed by atoms with Gasteiger partial charge in [-0.25, -0.2) is 14.4 Å². The molecule has 0 bridgehead atoms. The number of rotatable bonds is 3. The summed E-state index contributed by atoms with van der Waals surface area (Å²) in [5, 5.41) is 22.1. The second-order valence-corrected chi connectivity index (χ2v) is 5.53. The number of allylic oxidation sites excluding steroid dienone is 6. The number of hydrogen-bond donors (Lipinski definition) is 2. The summed E-state index contributed by atoms with van der Waals surface area (Å²) in [7, 11) is 0. The van der Waals surface area contributed by atoms with E-state index in [4.69, 9.17) is 5.26 Å². The van der Waals surface area contributed by atoms with Gasteiger partial charge >= 0.3 is 0 Å². The summed E-state index contributed by atoms with van der Waals surface area (Å²) in [5.41, 5.74) is 2.63. The summed E-state index contributed by atoms with van der Waals surface area (Å²) >= 11 is 0. The van der Waals surface area contributed by atoms with E-state index in [0.717, 1.165) is 17.6 Å². The van der Waals surface area contributed by atoms with E-state index in [1.165, 1.54) is 18.5 Å². The first-order valence-corrected chi connectivity index (χ1v) is 7.64. The Balaban J connectivity index is 1.92. The zero-order chi connectivity index (χ0) is 17.8. The summed E-state index contributed by atoms with van der Waals surface area (Å²) in [6.45, 7) is 2.00. The van der Waals surface area contributed by atoms with Crippen LogP contribution >= 0.6 is 0 Å². The minimum atomic E-state index is -0.641. The van der Waals surface area contributed by atoms with Crippen molar-refractivity contribution in [1.29, 1.82) is 5.26 Å². The van der Waals surface area contributed by atoms with Crippen LogP contribution in [-0.4, -0.2) is 15.1 Å². The maximum Gasteiger partial charge on any atom is 0.185 e. The molecule has 5 nitrogen and oxygen atoms in total. The number of halogens is 1. The van der Waals surface area contributed by atoms with Gasteiger partial charge in [-0.1, -0.05) is 29.9 Å². The van der Waals surface area contributed by atoms with E-state index in [2.05, 4.69) is 21.4 Å². The fraction of sp³-hybridized carbons (Fsp3) is 0.105. The van der Waals surface area contributed by atoms with Crippen molar-refractivity contribution in [2.24, 2.45) is 0 Å². The third kappa shape index (κ3) is 3.56. The smallest absolute Gasteiger partial charge is 0.185 e. The largest absolute Gasteiger partial charge is 0.503 e. The highest BCUT2D eigenvalue weighted by Gasteiger charge is 2.14. The van der Waals surface area contributed by atoms with Gasteiger partial charge in [0.2, 0.25) is 0 Å². The molecule has 1 heterocycles. The molecule has 0 amide bonds. The summed E-state index contributed by atoms with van der Waals surface area (Å²) in [6, 6.07) is 5.85. The number of benzene rings is 1. The Bertz CT molecular complexity index is 954. The lowest BCUT2D eigenvalue weighted by Gasteiger charge is -2.11. The van der Waals surface area contributed by atoms with E-state index in [1.807, 2.05) is 25.2 Å². The normalized spacial score (nSPS) is 13.5. The van der Waals surface area contributed by atoms with E-state index < -0.39 is 5.82 Å². The Morgan fingerprint density at radius 1 is 1.24 bits per heavy atom.